The number of aromatic nitrogens is 1. The summed E-state index contributed by atoms with van der Waals surface area (Å²) >= 11 is 7.33. The van der Waals surface area contributed by atoms with Crippen molar-refractivity contribution < 1.29 is 13.2 Å². The highest BCUT2D eigenvalue weighted by Crippen LogP contribution is 2.29. The van der Waals surface area contributed by atoms with Crippen molar-refractivity contribution in [3.8, 4) is 10.6 Å². The molecular formula is C19H18ClN3O3S2. The lowest BCUT2D eigenvalue weighted by molar-refractivity contribution is 0.0954. The Hall–Kier alpha value is -2.42. The van der Waals surface area contributed by atoms with Gasteiger partial charge in [-0.2, -0.15) is 0 Å². The van der Waals surface area contributed by atoms with Crippen LogP contribution in [-0.2, 0) is 16.6 Å². The van der Waals surface area contributed by atoms with E-state index in [1.54, 1.807) is 31.2 Å². The Balaban J connectivity index is 1.71. The highest BCUT2D eigenvalue weighted by atomic mass is 35.5. The summed E-state index contributed by atoms with van der Waals surface area (Å²) in [5, 5.41) is 4.19. The van der Waals surface area contributed by atoms with Crippen molar-refractivity contribution in [3.05, 3.63) is 69.7 Å². The summed E-state index contributed by atoms with van der Waals surface area (Å²) in [5.74, 6) is -0.232. The zero-order valence-corrected chi connectivity index (χ0v) is 17.6. The first-order valence-corrected chi connectivity index (χ1v) is 11.4. The number of rotatable bonds is 6. The minimum atomic E-state index is -3.35. The molecule has 6 nitrogen and oxygen atoms in total. The van der Waals surface area contributed by atoms with Crippen molar-refractivity contribution in [2.75, 3.05) is 11.0 Å². The second-order valence-electron chi connectivity index (χ2n) is 6.20. The van der Waals surface area contributed by atoms with E-state index in [1.165, 1.54) is 11.3 Å². The van der Waals surface area contributed by atoms with Gasteiger partial charge in [-0.3, -0.25) is 9.52 Å². The lowest BCUT2D eigenvalue weighted by Gasteiger charge is -2.08. The number of thiazole rings is 1. The predicted octanol–water partition coefficient (Wildman–Crippen LogP) is 4.07. The van der Waals surface area contributed by atoms with Gasteiger partial charge in [0.2, 0.25) is 10.0 Å². The molecule has 1 amide bonds. The molecule has 0 aliphatic carbocycles. The predicted molar refractivity (Wildman–Crippen MR) is 113 cm³/mol. The Morgan fingerprint density at radius 3 is 2.64 bits per heavy atom. The third-order valence-electron chi connectivity index (χ3n) is 3.76. The highest BCUT2D eigenvalue weighted by Gasteiger charge is 2.16. The van der Waals surface area contributed by atoms with E-state index < -0.39 is 10.0 Å². The lowest BCUT2D eigenvalue weighted by atomic mass is 10.2. The maximum Gasteiger partial charge on any atom is 0.263 e. The van der Waals surface area contributed by atoms with Gasteiger partial charge in [0, 0.05) is 22.8 Å². The summed E-state index contributed by atoms with van der Waals surface area (Å²) in [4.78, 5) is 17.6. The first-order valence-electron chi connectivity index (χ1n) is 8.29. The van der Waals surface area contributed by atoms with E-state index in [-0.39, 0.29) is 12.5 Å². The number of carbonyl (C=O) groups excluding carboxylic acids is 1. The number of benzene rings is 2. The average molecular weight is 436 g/mol. The van der Waals surface area contributed by atoms with E-state index in [4.69, 9.17) is 11.6 Å². The van der Waals surface area contributed by atoms with Crippen molar-refractivity contribution in [1.29, 1.82) is 0 Å². The maximum atomic E-state index is 12.6. The highest BCUT2D eigenvalue weighted by molar-refractivity contribution is 7.92. The number of nitrogens with zero attached hydrogens (tertiary/aromatic N) is 1. The van der Waals surface area contributed by atoms with Gasteiger partial charge in [-0.05, 0) is 36.8 Å². The summed E-state index contributed by atoms with van der Waals surface area (Å²) < 4.78 is 25.1. The maximum absolute atomic E-state index is 12.6. The summed E-state index contributed by atoms with van der Waals surface area (Å²) in [6, 6.07) is 14.2. The Morgan fingerprint density at radius 2 is 1.93 bits per heavy atom. The fourth-order valence-electron chi connectivity index (χ4n) is 2.57. The molecule has 1 aromatic heterocycles. The molecule has 0 fully saturated rings. The van der Waals surface area contributed by atoms with Gasteiger partial charge < -0.3 is 5.32 Å². The Bertz CT molecular complexity index is 1130. The molecule has 0 unspecified atom stereocenters. The first-order chi connectivity index (χ1) is 13.2. The second-order valence-corrected chi connectivity index (χ2v) is 9.39. The molecule has 9 heteroatoms. The smallest absolute Gasteiger partial charge is 0.263 e. The van der Waals surface area contributed by atoms with Crippen LogP contribution < -0.4 is 10.0 Å². The van der Waals surface area contributed by atoms with E-state index in [2.05, 4.69) is 15.0 Å². The SMILES string of the molecule is Cc1nc(-c2cccc(Cl)c2)sc1C(=O)NCc1cccc(NS(C)(=O)=O)c1. The van der Waals surface area contributed by atoms with Gasteiger partial charge in [0.05, 0.1) is 11.9 Å². The van der Waals surface area contributed by atoms with Crippen LogP contribution in [0.25, 0.3) is 10.6 Å². The quantitative estimate of drug-likeness (QED) is 0.610. The van der Waals surface area contributed by atoms with Crippen LogP contribution in [0, 0.1) is 6.92 Å². The molecule has 0 aliphatic rings. The molecule has 0 saturated carbocycles. The molecule has 1 heterocycles. The molecule has 0 bridgehead atoms. The monoisotopic (exact) mass is 435 g/mol. The van der Waals surface area contributed by atoms with Crippen LogP contribution in [0.15, 0.2) is 48.5 Å². The first kappa shape index (κ1) is 20.3. The minimum absolute atomic E-state index is 0.232. The number of carbonyl (C=O) groups is 1. The van der Waals surface area contributed by atoms with Crippen LogP contribution in [0.5, 0.6) is 0 Å². The molecule has 2 aromatic carbocycles. The summed E-state index contributed by atoms with van der Waals surface area (Å²) in [5.41, 5.74) is 2.73. The molecule has 0 aliphatic heterocycles. The number of aryl methyl sites for hydroxylation is 1. The van der Waals surface area contributed by atoms with E-state index >= 15 is 0 Å². The van der Waals surface area contributed by atoms with Crippen molar-refractivity contribution in [3.63, 3.8) is 0 Å². The van der Waals surface area contributed by atoms with Gasteiger partial charge in [0.25, 0.3) is 5.91 Å². The van der Waals surface area contributed by atoms with Crippen molar-refractivity contribution in [2.24, 2.45) is 0 Å². The van der Waals surface area contributed by atoms with Crippen molar-refractivity contribution >= 4 is 44.6 Å². The van der Waals surface area contributed by atoms with Gasteiger partial charge in [-0.25, -0.2) is 13.4 Å². The number of hydrogen-bond acceptors (Lipinski definition) is 5. The lowest BCUT2D eigenvalue weighted by Crippen LogP contribution is -2.22. The van der Waals surface area contributed by atoms with Crippen LogP contribution >= 0.6 is 22.9 Å². The Morgan fingerprint density at radius 1 is 1.18 bits per heavy atom. The summed E-state index contributed by atoms with van der Waals surface area (Å²) in [6.45, 7) is 2.05. The fourth-order valence-corrected chi connectivity index (χ4v) is 4.30. The topological polar surface area (TPSA) is 88.2 Å². The molecule has 0 spiro atoms. The molecule has 3 rings (SSSR count). The van der Waals surface area contributed by atoms with Crippen molar-refractivity contribution in [2.45, 2.75) is 13.5 Å². The van der Waals surface area contributed by atoms with Crippen LogP contribution in [0.1, 0.15) is 20.9 Å². The minimum Gasteiger partial charge on any atom is -0.347 e. The normalized spacial score (nSPS) is 11.2. The van der Waals surface area contributed by atoms with Crippen LogP contribution in [-0.4, -0.2) is 25.6 Å². The fraction of sp³-hybridized carbons (Fsp3) is 0.158. The molecule has 146 valence electrons. The molecule has 0 radical (unpaired) electrons. The molecule has 0 saturated heterocycles. The largest absolute Gasteiger partial charge is 0.347 e. The number of nitrogens with one attached hydrogen (secondary N) is 2. The van der Waals surface area contributed by atoms with Crippen LogP contribution in [0.4, 0.5) is 5.69 Å². The average Bonchev–Trinajstić information content (AvgIpc) is 3.00. The number of halogens is 1. The third kappa shape index (κ3) is 5.31. The zero-order valence-electron chi connectivity index (χ0n) is 15.2. The van der Waals surface area contributed by atoms with Gasteiger partial charge in [-0.15, -0.1) is 11.3 Å². The standard InChI is InChI=1S/C19H18ClN3O3S2/c1-12-17(27-19(22-12)14-6-4-7-15(20)10-14)18(24)21-11-13-5-3-8-16(9-13)23-28(2,25)26/h3-10,23H,11H2,1-2H3,(H,21,24). The number of anilines is 1. The Labute approximate surface area is 172 Å². The molecule has 2 N–H and O–H groups in total. The number of hydrogen-bond donors (Lipinski definition) is 2. The summed E-state index contributed by atoms with van der Waals surface area (Å²) in [7, 11) is -3.35. The van der Waals surface area contributed by atoms with E-state index in [9.17, 15) is 13.2 Å². The van der Waals surface area contributed by atoms with Crippen molar-refractivity contribution in [1.82, 2.24) is 10.3 Å². The number of sulfonamides is 1. The van der Waals surface area contributed by atoms with E-state index in [0.29, 0.717) is 21.3 Å². The van der Waals surface area contributed by atoms with E-state index in [0.717, 1.165) is 22.4 Å². The van der Waals surface area contributed by atoms with Gasteiger partial charge in [0.1, 0.15) is 9.88 Å². The zero-order chi connectivity index (χ0) is 20.3. The van der Waals surface area contributed by atoms with Gasteiger partial charge in [-0.1, -0.05) is 35.9 Å². The number of amides is 1. The molecule has 28 heavy (non-hydrogen) atoms. The van der Waals surface area contributed by atoms with Crippen LogP contribution in [0.3, 0.4) is 0 Å². The Kier molecular flexibility index (Phi) is 6.02. The third-order valence-corrected chi connectivity index (χ3v) is 5.80. The summed E-state index contributed by atoms with van der Waals surface area (Å²) in [6.07, 6.45) is 1.09. The van der Waals surface area contributed by atoms with Gasteiger partial charge >= 0.3 is 0 Å². The van der Waals surface area contributed by atoms with Crippen LogP contribution in [0.2, 0.25) is 5.02 Å². The molecule has 3 aromatic rings. The molecule has 0 atom stereocenters. The second kappa shape index (κ2) is 8.30. The van der Waals surface area contributed by atoms with E-state index in [1.807, 2.05) is 24.3 Å². The van der Waals surface area contributed by atoms with Gasteiger partial charge in [0.15, 0.2) is 0 Å². The molecular weight excluding hydrogens is 418 g/mol.